The third-order valence-corrected chi connectivity index (χ3v) is 2.78. The summed E-state index contributed by atoms with van der Waals surface area (Å²) in [7, 11) is 0. The smallest absolute Gasteiger partial charge is 0.136 e. The highest BCUT2D eigenvalue weighted by molar-refractivity contribution is 5.83. The van der Waals surface area contributed by atoms with E-state index >= 15 is 0 Å². The molecule has 1 saturated carbocycles. The highest BCUT2D eigenvalue weighted by Crippen LogP contribution is 2.31. The number of ketones is 1. The van der Waals surface area contributed by atoms with Crippen LogP contribution in [-0.2, 0) is 4.79 Å². The molecule has 1 aliphatic carbocycles. The second-order valence-electron chi connectivity index (χ2n) is 3.69. The van der Waals surface area contributed by atoms with Crippen molar-refractivity contribution in [3.8, 4) is 0 Å². The van der Waals surface area contributed by atoms with Gasteiger partial charge in [0.15, 0.2) is 0 Å². The van der Waals surface area contributed by atoms with Crippen LogP contribution in [0.15, 0.2) is 5.11 Å². The monoisotopic (exact) mass is 181 g/mol. The van der Waals surface area contributed by atoms with Gasteiger partial charge in [-0.3, -0.25) is 4.79 Å². The summed E-state index contributed by atoms with van der Waals surface area (Å²) in [5.41, 5.74) is 8.05. The van der Waals surface area contributed by atoms with Crippen LogP contribution in [0, 0.1) is 11.8 Å². The average Bonchev–Trinajstić information content (AvgIpc) is 2.42. The number of carbonyl (C=O) groups is 1. The Kier molecular flexibility index (Phi) is 3.77. The van der Waals surface area contributed by atoms with Crippen LogP contribution in [0.5, 0.6) is 0 Å². The predicted molar refractivity (Wildman–Crippen MR) is 50.1 cm³/mol. The second-order valence-corrected chi connectivity index (χ2v) is 3.69. The van der Waals surface area contributed by atoms with Gasteiger partial charge in [0, 0.05) is 23.8 Å². The molecule has 72 valence electrons. The first-order valence-corrected chi connectivity index (χ1v) is 4.79. The molecule has 0 N–H and O–H groups in total. The van der Waals surface area contributed by atoms with Gasteiger partial charge in [0.25, 0.3) is 0 Å². The Bertz CT molecular complexity index is 233. The van der Waals surface area contributed by atoms with E-state index < -0.39 is 0 Å². The van der Waals surface area contributed by atoms with E-state index in [4.69, 9.17) is 5.53 Å². The van der Waals surface area contributed by atoms with Gasteiger partial charge >= 0.3 is 0 Å². The summed E-state index contributed by atoms with van der Waals surface area (Å²) in [4.78, 5) is 14.0. The van der Waals surface area contributed by atoms with Crippen molar-refractivity contribution in [3.05, 3.63) is 10.4 Å². The van der Waals surface area contributed by atoms with Crippen LogP contribution in [0.3, 0.4) is 0 Å². The molecule has 0 aromatic heterocycles. The van der Waals surface area contributed by atoms with Gasteiger partial charge in [-0.1, -0.05) is 12.0 Å². The normalized spacial score (nSPS) is 27.3. The van der Waals surface area contributed by atoms with Gasteiger partial charge in [-0.25, -0.2) is 0 Å². The van der Waals surface area contributed by atoms with E-state index in [0.717, 1.165) is 25.7 Å². The van der Waals surface area contributed by atoms with E-state index in [1.54, 1.807) is 0 Å². The molecule has 0 aliphatic heterocycles. The van der Waals surface area contributed by atoms with Gasteiger partial charge in [0.1, 0.15) is 5.78 Å². The quantitative estimate of drug-likeness (QED) is 0.284. The maximum Gasteiger partial charge on any atom is 0.136 e. The van der Waals surface area contributed by atoms with Gasteiger partial charge in [0.05, 0.1) is 0 Å². The van der Waals surface area contributed by atoms with E-state index in [0.29, 0.717) is 18.2 Å². The minimum absolute atomic E-state index is 0.230. The molecule has 0 bridgehead atoms. The summed E-state index contributed by atoms with van der Waals surface area (Å²) in [5.74, 6) is 1.15. The predicted octanol–water partition coefficient (Wildman–Crippen LogP) is 2.69. The molecule has 0 aromatic carbocycles. The van der Waals surface area contributed by atoms with Crippen molar-refractivity contribution in [1.82, 2.24) is 0 Å². The van der Waals surface area contributed by atoms with Crippen LogP contribution < -0.4 is 0 Å². The lowest BCUT2D eigenvalue weighted by Crippen LogP contribution is -2.12. The van der Waals surface area contributed by atoms with E-state index in [1.165, 1.54) is 0 Å². The first-order valence-electron chi connectivity index (χ1n) is 4.79. The highest BCUT2D eigenvalue weighted by atomic mass is 16.1. The minimum Gasteiger partial charge on any atom is -0.299 e. The van der Waals surface area contributed by atoms with Crippen molar-refractivity contribution < 1.29 is 4.79 Å². The van der Waals surface area contributed by atoms with E-state index in [2.05, 4.69) is 16.9 Å². The molecule has 13 heavy (non-hydrogen) atoms. The van der Waals surface area contributed by atoms with E-state index in [-0.39, 0.29) is 5.92 Å². The fourth-order valence-corrected chi connectivity index (χ4v) is 1.95. The molecule has 1 fully saturated rings. The minimum atomic E-state index is 0.230. The zero-order chi connectivity index (χ0) is 9.68. The molecular weight excluding hydrogens is 166 g/mol. The Morgan fingerprint density at radius 1 is 1.69 bits per heavy atom. The third kappa shape index (κ3) is 2.74. The van der Waals surface area contributed by atoms with Crippen LogP contribution >= 0.6 is 0 Å². The topological polar surface area (TPSA) is 65.8 Å². The number of carbonyl (C=O) groups excluding carboxylic acids is 1. The molecule has 1 aliphatic rings. The zero-order valence-corrected chi connectivity index (χ0v) is 7.94. The Hall–Kier alpha value is -1.02. The number of azide groups is 1. The van der Waals surface area contributed by atoms with Crippen LogP contribution in [0.4, 0.5) is 0 Å². The number of rotatable bonds is 4. The number of Topliss-reactive ketones (excluding diaryl/α,β-unsaturated/α-hetero) is 1. The molecule has 2 atom stereocenters. The molecule has 4 nitrogen and oxygen atoms in total. The Labute approximate surface area is 77.9 Å². The molecule has 1 rings (SSSR count). The Morgan fingerprint density at radius 2 is 2.46 bits per heavy atom. The summed E-state index contributed by atoms with van der Waals surface area (Å²) in [6, 6.07) is 0. The first-order chi connectivity index (χ1) is 6.25. The lowest BCUT2D eigenvalue weighted by molar-refractivity contribution is -0.121. The second kappa shape index (κ2) is 4.87. The Morgan fingerprint density at radius 3 is 3.00 bits per heavy atom. The molecule has 0 spiro atoms. The molecule has 0 aromatic rings. The molecule has 4 heteroatoms. The lowest BCUT2D eigenvalue weighted by atomic mass is 9.93. The summed E-state index contributed by atoms with van der Waals surface area (Å²) in [5, 5.41) is 3.45. The fraction of sp³-hybridized carbons (Fsp3) is 0.889. The van der Waals surface area contributed by atoms with E-state index in [1.807, 2.05) is 0 Å². The molecule has 0 saturated heterocycles. The standard InChI is InChI=1S/C9H15N3O/c1-7-4-5-9(13)8(7)3-2-6-11-12-10/h7-8H,2-6H2,1H3/t7-,8+/m1/s1. The maximum atomic E-state index is 11.3. The van der Waals surface area contributed by atoms with Crippen LogP contribution in [-0.4, -0.2) is 12.3 Å². The van der Waals surface area contributed by atoms with Crippen molar-refractivity contribution in [2.45, 2.75) is 32.6 Å². The zero-order valence-electron chi connectivity index (χ0n) is 7.94. The van der Waals surface area contributed by atoms with E-state index in [9.17, 15) is 4.79 Å². The number of hydrogen-bond acceptors (Lipinski definition) is 2. The summed E-state index contributed by atoms with van der Waals surface area (Å²) in [6.07, 6.45) is 3.50. The summed E-state index contributed by atoms with van der Waals surface area (Å²) < 4.78 is 0. The largest absolute Gasteiger partial charge is 0.299 e. The maximum absolute atomic E-state index is 11.3. The third-order valence-electron chi connectivity index (χ3n) is 2.78. The molecule has 0 amide bonds. The number of hydrogen-bond donors (Lipinski definition) is 0. The first kappa shape index (κ1) is 10.1. The highest BCUT2D eigenvalue weighted by Gasteiger charge is 2.30. The molecular formula is C9H15N3O. The van der Waals surface area contributed by atoms with Crippen molar-refractivity contribution in [3.63, 3.8) is 0 Å². The molecule has 0 unspecified atom stereocenters. The van der Waals surface area contributed by atoms with Crippen molar-refractivity contribution in [2.75, 3.05) is 6.54 Å². The van der Waals surface area contributed by atoms with Gasteiger partial charge in [-0.15, -0.1) is 0 Å². The summed E-state index contributed by atoms with van der Waals surface area (Å²) in [6.45, 7) is 2.65. The SMILES string of the molecule is C[C@@H]1CCC(=O)[C@H]1CCCN=[N+]=[N-]. The van der Waals surface area contributed by atoms with Gasteiger partial charge in [-0.2, -0.15) is 0 Å². The average molecular weight is 181 g/mol. The van der Waals surface area contributed by atoms with Gasteiger partial charge in [-0.05, 0) is 30.7 Å². The fourth-order valence-electron chi connectivity index (χ4n) is 1.95. The van der Waals surface area contributed by atoms with Crippen LogP contribution in [0.1, 0.15) is 32.6 Å². The van der Waals surface area contributed by atoms with Crippen molar-refractivity contribution in [1.29, 1.82) is 0 Å². The van der Waals surface area contributed by atoms with Gasteiger partial charge in [0.2, 0.25) is 0 Å². The molecule has 0 heterocycles. The summed E-state index contributed by atoms with van der Waals surface area (Å²) >= 11 is 0. The Balaban J connectivity index is 2.27. The van der Waals surface area contributed by atoms with Crippen LogP contribution in [0.25, 0.3) is 10.4 Å². The lowest BCUT2D eigenvalue weighted by Gasteiger charge is -2.12. The van der Waals surface area contributed by atoms with Gasteiger partial charge < -0.3 is 0 Å². The van der Waals surface area contributed by atoms with Crippen molar-refractivity contribution >= 4 is 5.78 Å². The van der Waals surface area contributed by atoms with Crippen molar-refractivity contribution in [2.24, 2.45) is 17.0 Å². The van der Waals surface area contributed by atoms with Crippen LogP contribution in [0.2, 0.25) is 0 Å². The number of nitrogens with zero attached hydrogens (tertiary/aromatic N) is 3. The molecule has 0 radical (unpaired) electrons.